The number of rotatable bonds is 2. The van der Waals surface area contributed by atoms with E-state index in [0.29, 0.717) is 0 Å². The van der Waals surface area contributed by atoms with Crippen molar-refractivity contribution in [3.8, 4) is 0 Å². The summed E-state index contributed by atoms with van der Waals surface area (Å²) in [6.07, 6.45) is 1.17. The smallest absolute Gasteiger partial charge is 0.374 e. The van der Waals surface area contributed by atoms with Gasteiger partial charge in [-0.15, -0.1) is 0 Å². The van der Waals surface area contributed by atoms with Gasteiger partial charge in [-0.1, -0.05) is 0 Å². The van der Waals surface area contributed by atoms with Crippen LogP contribution in [0.25, 0.3) is 0 Å². The van der Waals surface area contributed by atoms with Gasteiger partial charge in [0.1, 0.15) is 0 Å². The fourth-order valence-electron chi connectivity index (χ4n) is 0.934. The molecule has 1 rings (SSSR count). The minimum Gasteiger partial charge on any atom is -0.475 e. The quantitative estimate of drug-likeness (QED) is 0.645. The van der Waals surface area contributed by atoms with Gasteiger partial charge in [0.2, 0.25) is 5.82 Å². The normalized spacial score (nSPS) is 9.69. The van der Waals surface area contributed by atoms with Gasteiger partial charge in [-0.25, -0.2) is 9.78 Å². The van der Waals surface area contributed by atoms with E-state index in [9.17, 15) is 9.59 Å². The van der Waals surface area contributed by atoms with E-state index in [4.69, 9.17) is 5.11 Å². The maximum Gasteiger partial charge on any atom is 0.374 e. The maximum atomic E-state index is 11.2. The lowest BCUT2D eigenvalue weighted by atomic mass is 10.5. The summed E-state index contributed by atoms with van der Waals surface area (Å²) in [5.41, 5.74) is -0.419. The van der Waals surface area contributed by atoms with Crippen LogP contribution in [-0.4, -0.2) is 34.8 Å². The van der Waals surface area contributed by atoms with Crippen molar-refractivity contribution in [1.82, 2.24) is 9.66 Å². The molecule has 0 fully saturated rings. The van der Waals surface area contributed by atoms with Gasteiger partial charge in [-0.05, 0) is 0 Å². The Morgan fingerprint density at radius 3 is 2.62 bits per heavy atom. The Bertz CT molecular complexity index is 383. The molecule has 0 spiro atoms. The second-order valence-corrected chi connectivity index (χ2v) is 2.57. The van der Waals surface area contributed by atoms with E-state index in [2.05, 4.69) is 4.98 Å². The Hall–Kier alpha value is -1.85. The van der Waals surface area contributed by atoms with Crippen molar-refractivity contribution in [2.75, 3.05) is 19.1 Å². The molecular formula is C7H9N3O3. The Labute approximate surface area is 74.0 Å². The molecule has 0 atom stereocenters. The Kier molecular flexibility index (Phi) is 2.32. The van der Waals surface area contributed by atoms with Gasteiger partial charge in [0.25, 0.3) is 5.56 Å². The highest BCUT2D eigenvalue weighted by Crippen LogP contribution is 1.90. The monoisotopic (exact) mass is 183 g/mol. The van der Waals surface area contributed by atoms with E-state index in [1.165, 1.54) is 17.3 Å². The largest absolute Gasteiger partial charge is 0.475 e. The average Bonchev–Trinajstić information content (AvgIpc) is 2.02. The number of aromatic nitrogens is 2. The van der Waals surface area contributed by atoms with Crippen LogP contribution in [0.3, 0.4) is 0 Å². The molecule has 13 heavy (non-hydrogen) atoms. The summed E-state index contributed by atoms with van der Waals surface area (Å²) in [5.74, 6) is -1.52. The van der Waals surface area contributed by atoms with E-state index in [-0.39, 0.29) is 5.82 Å². The molecule has 6 nitrogen and oxygen atoms in total. The number of aromatic carboxylic acids is 1. The molecule has 0 saturated carbocycles. The first-order valence-electron chi connectivity index (χ1n) is 3.53. The fourth-order valence-corrected chi connectivity index (χ4v) is 0.934. The van der Waals surface area contributed by atoms with Gasteiger partial charge in [0.05, 0.1) is 0 Å². The molecule has 70 valence electrons. The number of carbonyl (C=O) groups is 1. The first-order chi connectivity index (χ1) is 6.04. The second-order valence-electron chi connectivity index (χ2n) is 2.57. The van der Waals surface area contributed by atoms with E-state index < -0.39 is 11.5 Å². The molecule has 6 heteroatoms. The van der Waals surface area contributed by atoms with Crippen molar-refractivity contribution in [2.45, 2.75) is 0 Å². The van der Waals surface area contributed by atoms with Gasteiger partial charge in [-0.3, -0.25) is 4.79 Å². The van der Waals surface area contributed by atoms with Crippen LogP contribution in [0.4, 0.5) is 0 Å². The van der Waals surface area contributed by atoms with E-state index in [0.717, 1.165) is 4.68 Å². The van der Waals surface area contributed by atoms with Crippen molar-refractivity contribution >= 4 is 5.97 Å². The topological polar surface area (TPSA) is 75.4 Å². The summed E-state index contributed by atoms with van der Waals surface area (Å²) in [5, 5.41) is 10.0. The highest BCUT2D eigenvalue weighted by atomic mass is 16.4. The zero-order chi connectivity index (χ0) is 10.0. The first-order valence-corrected chi connectivity index (χ1v) is 3.53. The molecule has 1 heterocycles. The minimum atomic E-state index is -1.23. The van der Waals surface area contributed by atoms with Gasteiger partial charge >= 0.3 is 5.97 Å². The molecular weight excluding hydrogens is 174 g/mol. The highest BCUT2D eigenvalue weighted by molar-refractivity contribution is 5.83. The lowest BCUT2D eigenvalue weighted by molar-refractivity contribution is 0.0675. The third-order valence-corrected chi connectivity index (χ3v) is 1.41. The van der Waals surface area contributed by atoms with Crippen LogP contribution in [0.15, 0.2) is 17.1 Å². The van der Waals surface area contributed by atoms with Crippen molar-refractivity contribution in [1.29, 1.82) is 0 Å². The molecule has 1 aromatic rings. The summed E-state index contributed by atoms with van der Waals surface area (Å²) in [7, 11) is 3.13. The maximum absolute atomic E-state index is 11.2. The van der Waals surface area contributed by atoms with Crippen LogP contribution in [0.2, 0.25) is 0 Å². The van der Waals surface area contributed by atoms with Crippen molar-refractivity contribution in [3.63, 3.8) is 0 Å². The van der Waals surface area contributed by atoms with Crippen LogP contribution < -0.4 is 10.6 Å². The van der Waals surface area contributed by atoms with Crippen molar-refractivity contribution in [2.24, 2.45) is 0 Å². The molecule has 0 saturated heterocycles. The number of nitrogens with zero attached hydrogens (tertiary/aromatic N) is 3. The molecule has 0 aliphatic carbocycles. The second kappa shape index (κ2) is 3.26. The van der Waals surface area contributed by atoms with E-state index >= 15 is 0 Å². The standard InChI is InChI=1S/C7H9N3O3/c1-9(2)10-5(11)3-4-8-6(10)7(12)13/h3-4H,1-2H3,(H,12,13). The van der Waals surface area contributed by atoms with E-state index in [1.807, 2.05) is 0 Å². The molecule has 0 aliphatic heterocycles. The molecule has 0 aromatic carbocycles. The summed E-state index contributed by atoms with van der Waals surface area (Å²) in [6, 6.07) is 1.20. The SMILES string of the molecule is CN(C)n1c(C(=O)O)nccc1=O. The summed E-state index contributed by atoms with van der Waals surface area (Å²) >= 11 is 0. The summed E-state index contributed by atoms with van der Waals surface area (Å²) in [4.78, 5) is 25.4. The molecule has 1 aromatic heterocycles. The van der Waals surface area contributed by atoms with Crippen LogP contribution in [-0.2, 0) is 0 Å². The Morgan fingerprint density at radius 2 is 2.23 bits per heavy atom. The van der Waals surface area contributed by atoms with Crippen molar-refractivity contribution < 1.29 is 9.90 Å². The van der Waals surface area contributed by atoms with Gasteiger partial charge < -0.3 is 10.1 Å². The molecule has 0 unspecified atom stereocenters. The van der Waals surface area contributed by atoms with Gasteiger partial charge in [0, 0.05) is 26.4 Å². The molecule has 0 amide bonds. The third-order valence-electron chi connectivity index (χ3n) is 1.41. The van der Waals surface area contributed by atoms with Crippen LogP contribution in [0.1, 0.15) is 10.6 Å². The lowest BCUT2D eigenvalue weighted by Crippen LogP contribution is -2.39. The van der Waals surface area contributed by atoms with Crippen molar-refractivity contribution in [3.05, 3.63) is 28.4 Å². The van der Waals surface area contributed by atoms with Crippen LogP contribution in [0, 0.1) is 0 Å². The number of carboxylic acids is 1. The zero-order valence-electron chi connectivity index (χ0n) is 7.26. The molecule has 1 N–H and O–H groups in total. The molecule has 0 aliphatic rings. The Balaban J connectivity index is 3.43. The first kappa shape index (κ1) is 9.24. The number of hydrogen-bond acceptors (Lipinski definition) is 4. The zero-order valence-corrected chi connectivity index (χ0v) is 7.26. The number of hydrogen-bond donors (Lipinski definition) is 1. The van der Waals surface area contributed by atoms with Gasteiger partial charge in [-0.2, -0.15) is 4.68 Å². The predicted molar refractivity (Wildman–Crippen MR) is 45.5 cm³/mol. The highest BCUT2D eigenvalue weighted by Gasteiger charge is 2.12. The Morgan fingerprint density at radius 1 is 1.62 bits per heavy atom. The molecule has 0 bridgehead atoms. The number of carboxylic acid groups (broad SMARTS) is 1. The summed E-state index contributed by atoms with van der Waals surface area (Å²) < 4.78 is 0.975. The fraction of sp³-hybridized carbons (Fsp3) is 0.286. The summed E-state index contributed by atoms with van der Waals surface area (Å²) in [6.45, 7) is 0. The molecule has 0 radical (unpaired) electrons. The predicted octanol–water partition coefficient (Wildman–Crippen LogP) is -0.861. The van der Waals surface area contributed by atoms with Crippen LogP contribution in [0.5, 0.6) is 0 Å². The van der Waals surface area contributed by atoms with E-state index in [1.54, 1.807) is 14.1 Å². The van der Waals surface area contributed by atoms with Crippen LogP contribution >= 0.6 is 0 Å². The third kappa shape index (κ3) is 1.66. The minimum absolute atomic E-state index is 0.294. The van der Waals surface area contributed by atoms with Gasteiger partial charge in [0.15, 0.2) is 0 Å². The average molecular weight is 183 g/mol. The lowest BCUT2D eigenvalue weighted by Gasteiger charge is -2.16.